The first kappa shape index (κ1) is 51.5. The maximum atomic E-state index is 14.8. The number of rotatable bonds is 14. The van der Waals surface area contributed by atoms with Crippen LogP contribution in [-0.2, 0) is 45.4 Å². The van der Waals surface area contributed by atoms with Gasteiger partial charge in [0.05, 0.1) is 24.1 Å². The number of amides is 6. The van der Waals surface area contributed by atoms with Crippen LogP contribution in [0.1, 0.15) is 114 Å². The van der Waals surface area contributed by atoms with Gasteiger partial charge in [0.2, 0.25) is 23.6 Å². The average molecular weight is 1020 g/mol. The number of halogens is 2. The number of nitrogens with one attached hydrogen (secondary N) is 2. The van der Waals surface area contributed by atoms with Crippen molar-refractivity contribution in [3.05, 3.63) is 105 Å². The molecule has 4 aliphatic rings. The lowest BCUT2D eigenvalue weighted by Gasteiger charge is -2.38. The number of imide groups is 1. The van der Waals surface area contributed by atoms with Crippen molar-refractivity contribution in [3.8, 4) is 11.8 Å². The second-order valence-corrected chi connectivity index (χ2v) is 22.1. The van der Waals surface area contributed by atoms with Crippen LogP contribution < -0.4 is 10.6 Å². The lowest BCUT2D eigenvalue weighted by atomic mass is 9.85. The molecule has 4 aromatic rings. The second kappa shape index (κ2) is 21.1. The number of morpholine rings is 1. The van der Waals surface area contributed by atoms with Crippen molar-refractivity contribution >= 4 is 64.5 Å². The largest absolute Gasteiger partial charge is 0.399 e. The molecule has 0 spiro atoms. The highest BCUT2D eigenvalue weighted by molar-refractivity contribution is 7.52. The number of hydrogen-bond acceptors (Lipinski definition) is 10. The molecule has 3 saturated heterocycles. The minimum absolute atomic E-state index is 0.0821. The Morgan fingerprint density at radius 1 is 1.00 bits per heavy atom. The molecule has 6 amide bonds. The Bertz CT molecular complexity index is 2840. The minimum atomic E-state index is -5.84. The molecule has 5 atom stereocenters. The molecule has 71 heavy (non-hydrogen) atoms. The topological polar surface area (TPSA) is 212 Å². The Morgan fingerprint density at radius 2 is 1.77 bits per heavy atom. The van der Waals surface area contributed by atoms with E-state index < -0.39 is 66.2 Å². The third-order valence-corrected chi connectivity index (χ3v) is 15.4. The first-order chi connectivity index (χ1) is 33.7. The van der Waals surface area contributed by atoms with E-state index in [1.165, 1.54) is 21.9 Å². The highest BCUT2D eigenvalue weighted by Gasteiger charge is 2.51. The van der Waals surface area contributed by atoms with Crippen molar-refractivity contribution in [2.45, 2.75) is 108 Å². The summed E-state index contributed by atoms with van der Waals surface area (Å²) < 4.78 is 53.5. The van der Waals surface area contributed by atoms with Crippen LogP contribution in [0.4, 0.5) is 8.78 Å². The van der Waals surface area contributed by atoms with Gasteiger partial charge in [-0.25, -0.2) is 0 Å². The molecule has 0 aliphatic carbocycles. The van der Waals surface area contributed by atoms with Gasteiger partial charge >= 0.3 is 13.3 Å². The van der Waals surface area contributed by atoms with Crippen LogP contribution in [0.2, 0.25) is 0 Å². The van der Waals surface area contributed by atoms with Crippen molar-refractivity contribution in [1.29, 1.82) is 0 Å². The van der Waals surface area contributed by atoms with Gasteiger partial charge in [0, 0.05) is 66.9 Å². The number of benzene rings is 3. The Balaban J connectivity index is 0.912. The maximum absolute atomic E-state index is 14.8. The Kier molecular flexibility index (Phi) is 15.3. The molecule has 1 aromatic heterocycles. The molecule has 20 heteroatoms. The van der Waals surface area contributed by atoms with E-state index in [4.69, 9.17) is 9.47 Å². The number of piperidine rings is 1. The summed E-state index contributed by atoms with van der Waals surface area (Å²) in [4.78, 5) is 104. The zero-order valence-electron chi connectivity index (χ0n) is 39.5. The molecule has 4 N–H and O–H groups in total. The van der Waals surface area contributed by atoms with Crippen LogP contribution in [0.25, 0.3) is 10.1 Å². The normalized spacial score (nSPS) is 21.2. The number of carbonyl (C=O) groups excluding carboxylic acids is 6. The van der Waals surface area contributed by atoms with Crippen LogP contribution in [0.5, 0.6) is 0 Å². The molecular weight excluding hydrogens is 960 g/mol. The maximum Gasteiger partial charge on any atom is 0.399 e. The van der Waals surface area contributed by atoms with E-state index in [9.17, 15) is 51.9 Å². The van der Waals surface area contributed by atoms with Crippen molar-refractivity contribution in [2.24, 2.45) is 5.41 Å². The SMILES string of the molecule is CC(C)(C)C(NC(=O)c1cc2cc(C(F)(F)P(=O)(O)O)ccc2s1)C(=O)N1C[C@H](OCCCCCC#Cc2cccc3c2CN(C2CCC(=O)NC2=O)C3=O)C[C@H]1C(=O)N1CCO[C@H](c2ccccc2)C1. The van der Waals surface area contributed by atoms with E-state index in [-0.39, 0.29) is 73.0 Å². The number of unbranched alkanes of at least 4 members (excludes halogenated alkanes) is 3. The Morgan fingerprint density at radius 3 is 2.51 bits per heavy atom. The molecule has 5 heterocycles. The summed E-state index contributed by atoms with van der Waals surface area (Å²) in [6.45, 7) is 6.88. The van der Waals surface area contributed by atoms with Gasteiger partial charge in [-0.15, -0.1) is 11.3 Å². The van der Waals surface area contributed by atoms with Gasteiger partial charge < -0.3 is 39.3 Å². The standard InChI is InChI=1S/C51H56F2N5O11PS/c1-50(2,3)44(55-46(61)42-26-33-25-34(18-20-41(33)71-42)51(52,53)70(65,66)67)49(64)57-28-35(27-39(57)48(63)56-22-24-69-40(30-56)32-14-9-7-10-15-32)68-23-11-6-4-5-8-13-31-16-12-17-36-37(31)29-58(47(36)62)38-19-21-43(59)54-45(38)60/h7,9-10,12,14-18,20,25-26,35,38-40,44H,4-6,11,19,21-24,27-30H2,1-3H3,(H,55,61)(H,54,59,60)(H2,65,66,67)/t35-,38?,39+,40+,44?/m1/s1. The fourth-order valence-corrected chi connectivity index (χ4v) is 10.9. The zero-order chi connectivity index (χ0) is 50.8. The van der Waals surface area contributed by atoms with Crippen LogP contribution in [-0.4, -0.2) is 117 Å². The molecule has 0 bridgehead atoms. The number of likely N-dealkylation sites (tertiary alicyclic amines) is 1. The fraction of sp³-hybridized carbons (Fsp3) is 0.451. The summed E-state index contributed by atoms with van der Waals surface area (Å²) in [7, 11) is -5.84. The summed E-state index contributed by atoms with van der Waals surface area (Å²) in [5, 5.41) is 5.34. The molecule has 16 nitrogen and oxygen atoms in total. The number of hydrogen-bond donors (Lipinski definition) is 4. The van der Waals surface area contributed by atoms with Gasteiger partial charge in [-0.3, -0.25) is 38.6 Å². The highest BCUT2D eigenvalue weighted by Crippen LogP contribution is 2.59. The predicted octanol–water partition coefficient (Wildman–Crippen LogP) is 6.23. The molecule has 2 unspecified atom stereocenters. The summed E-state index contributed by atoms with van der Waals surface area (Å²) in [5.74, 6) is 3.91. The molecule has 8 rings (SSSR count). The average Bonchev–Trinajstić information content (AvgIpc) is 4.06. The van der Waals surface area contributed by atoms with Crippen molar-refractivity contribution in [1.82, 2.24) is 25.3 Å². The van der Waals surface area contributed by atoms with Gasteiger partial charge in [0.1, 0.15) is 24.2 Å². The lowest BCUT2D eigenvalue weighted by Crippen LogP contribution is -2.58. The molecule has 0 radical (unpaired) electrons. The van der Waals surface area contributed by atoms with Crippen molar-refractivity contribution in [3.63, 3.8) is 0 Å². The quantitative estimate of drug-likeness (QED) is 0.0481. The molecule has 3 fully saturated rings. The number of alkyl halides is 2. The highest BCUT2D eigenvalue weighted by atomic mass is 32.1. The van der Waals surface area contributed by atoms with Crippen LogP contribution >= 0.6 is 18.9 Å². The van der Waals surface area contributed by atoms with Gasteiger partial charge in [-0.05, 0) is 71.5 Å². The number of ether oxygens (including phenoxy) is 2. The van der Waals surface area contributed by atoms with Gasteiger partial charge in [-0.2, -0.15) is 8.78 Å². The molecule has 376 valence electrons. The summed E-state index contributed by atoms with van der Waals surface area (Å²) in [6.07, 6.45) is 2.59. The molecule has 3 aromatic carbocycles. The van der Waals surface area contributed by atoms with Gasteiger partial charge in [0.15, 0.2) is 0 Å². The number of thiophene rings is 1. The van der Waals surface area contributed by atoms with Crippen molar-refractivity contribution < 1.29 is 61.4 Å². The molecular formula is C51H56F2N5O11PS. The summed E-state index contributed by atoms with van der Waals surface area (Å²) in [6, 6.07) is 16.5. The van der Waals surface area contributed by atoms with E-state index in [1.807, 2.05) is 36.4 Å². The van der Waals surface area contributed by atoms with E-state index >= 15 is 0 Å². The number of carbonyl (C=O) groups is 6. The Labute approximate surface area is 413 Å². The van der Waals surface area contributed by atoms with E-state index in [0.717, 1.165) is 47.4 Å². The smallest absolute Gasteiger partial charge is 0.376 e. The summed E-state index contributed by atoms with van der Waals surface area (Å²) in [5.41, 5.74) is -3.32. The summed E-state index contributed by atoms with van der Waals surface area (Å²) >= 11 is 0.969. The van der Waals surface area contributed by atoms with E-state index in [2.05, 4.69) is 22.5 Å². The fourth-order valence-electron chi connectivity index (χ4n) is 9.46. The first-order valence-electron chi connectivity index (χ1n) is 23.6. The number of fused-ring (bicyclic) bond motifs is 2. The zero-order valence-corrected chi connectivity index (χ0v) is 41.2. The monoisotopic (exact) mass is 1020 g/mol. The molecule has 4 aliphatic heterocycles. The van der Waals surface area contributed by atoms with Gasteiger partial charge in [0.25, 0.3) is 11.8 Å². The lowest BCUT2D eigenvalue weighted by molar-refractivity contribution is -0.150. The van der Waals surface area contributed by atoms with E-state index in [0.29, 0.717) is 48.4 Å². The van der Waals surface area contributed by atoms with Crippen LogP contribution in [0.15, 0.2) is 72.8 Å². The Hall–Kier alpha value is -5.87. The second-order valence-electron chi connectivity index (χ2n) is 19.4. The van der Waals surface area contributed by atoms with Crippen LogP contribution in [0, 0.1) is 17.3 Å². The third kappa shape index (κ3) is 11.3. The van der Waals surface area contributed by atoms with E-state index in [1.54, 1.807) is 37.8 Å². The first-order valence-corrected chi connectivity index (χ1v) is 26.1. The third-order valence-electron chi connectivity index (χ3n) is 13.3. The van der Waals surface area contributed by atoms with Gasteiger partial charge in [-0.1, -0.05) is 81.5 Å². The van der Waals surface area contributed by atoms with Crippen molar-refractivity contribution in [2.75, 3.05) is 32.8 Å². The molecule has 0 saturated carbocycles. The predicted molar refractivity (Wildman–Crippen MR) is 258 cm³/mol. The minimum Gasteiger partial charge on any atom is -0.376 e. The van der Waals surface area contributed by atoms with Crippen LogP contribution in [0.3, 0.4) is 0 Å². The number of nitrogens with zero attached hydrogens (tertiary/aromatic N) is 3.